The molecule has 4 aromatic heterocycles. The number of anilines is 2. The van der Waals surface area contributed by atoms with E-state index in [1.165, 1.54) is 0 Å². The Morgan fingerprint density at radius 3 is 2.63 bits per heavy atom. The van der Waals surface area contributed by atoms with Crippen LogP contribution in [0.4, 0.5) is 16.2 Å². The summed E-state index contributed by atoms with van der Waals surface area (Å²) in [5.74, 6) is -0.198. The van der Waals surface area contributed by atoms with E-state index in [9.17, 15) is 19.7 Å². The fourth-order valence-corrected chi connectivity index (χ4v) is 8.08. The Labute approximate surface area is 249 Å². The van der Waals surface area contributed by atoms with Crippen molar-refractivity contribution in [3.05, 3.63) is 16.7 Å². The lowest BCUT2D eigenvalue weighted by molar-refractivity contribution is -0.0457. The highest BCUT2D eigenvalue weighted by Crippen LogP contribution is 2.58. The number of rotatable bonds is 9. The molecule has 0 radical (unpaired) electrons. The standard InChI is InChI=1S/C18H23FN12O8P2S2/c19-8-11(39-40(34)42)6(38-17(8)30-13-9(26-28-30)12(20)22-4-23-13)3-36-41(35,43)7-1-5(2-32)37-16(7)31-14-10(27-29-31)15(33)25-18(21)24-14/h4-8,11,16-17,32,40H,1-3H2,(H,34,42)(H,35,43)(H2,20,22,23)(H3,21,24,25,33)/t5?,6?,7-,8+,11-,16-,17-,41?/m1/s1. The molecule has 0 spiro atoms. The number of H-pyrrole nitrogens is 1. The largest absolute Gasteiger partial charge is 0.394 e. The van der Waals surface area contributed by atoms with Gasteiger partial charge in [-0.3, -0.25) is 9.78 Å². The van der Waals surface area contributed by atoms with E-state index >= 15 is 4.39 Å². The minimum Gasteiger partial charge on any atom is -0.394 e. The number of nitrogens with two attached hydrogens (primary N) is 2. The molecule has 2 aliphatic heterocycles. The lowest BCUT2D eigenvalue weighted by Gasteiger charge is -2.28. The highest BCUT2D eigenvalue weighted by Gasteiger charge is 2.51. The second-order valence-corrected chi connectivity index (χ2v) is 14.9. The Hall–Kier alpha value is -2.69. The van der Waals surface area contributed by atoms with Gasteiger partial charge < -0.3 is 44.9 Å². The zero-order valence-electron chi connectivity index (χ0n) is 21.4. The molecule has 9 atom stereocenters. The van der Waals surface area contributed by atoms with E-state index in [0.717, 1.165) is 15.7 Å². The summed E-state index contributed by atoms with van der Waals surface area (Å²) < 4.78 is 40.7. The highest BCUT2D eigenvalue weighted by molar-refractivity contribution is 8.09. The van der Waals surface area contributed by atoms with Gasteiger partial charge in [0.15, 0.2) is 60.4 Å². The average molecular weight is 681 g/mol. The molecule has 0 amide bonds. The third-order valence-corrected chi connectivity index (χ3v) is 10.6. The van der Waals surface area contributed by atoms with Crippen LogP contribution in [0.15, 0.2) is 11.1 Å². The van der Waals surface area contributed by atoms with Crippen molar-refractivity contribution in [2.45, 2.75) is 49.0 Å². The zero-order chi connectivity index (χ0) is 30.6. The fraction of sp³-hybridized carbons (Fsp3) is 0.556. The molecule has 0 aliphatic carbocycles. The Morgan fingerprint density at radius 2 is 1.91 bits per heavy atom. The van der Waals surface area contributed by atoms with E-state index in [-0.39, 0.29) is 40.5 Å². The number of ether oxygens (including phenoxy) is 2. The number of nitrogens with zero attached hydrogens (tertiary/aromatic N) is 9. The van der Waals surface area contributed by atoms with Crippen LogP contribution < -0.4 is 17.0 Å². The summed E-state index contributed by atoms with van der Waals surface area (Å²) in [5.41, 5.74) is 9.83. The number of hydrogen-bond acceptors (Lipinski definition) is 17. The quantitative estimate of drug-likeness (QED) is 0.104. The maximum absolute atomic E-state index is 15.7. The molecule has 4 unspecified atom stereocenters. The molecule has 0 aromatic carbocycles. The van der Waals surface area contributed by atoms with Gasteiger partial charge >= 0.3 is 0 Å². The van der Waals surface area contributed by atoms with Crippen LogP contribution in [0.5, 0.6) is 0 Å². The second kappa shape index (κ2) is 11.7. The van der Waals surface area contributed by atoms with Gasteiger partial charge in [-0.2, -0.15) is 14.3 Å². The number of halogens is 1. The van der Waals surface area contributed by atoms with Crippen LogP contribution in [0.25, 0.3) is 22.3 Å². The summed E-state index contributed by atoms with van der Waals surface area (Å²) in [6.07, 6.45) is -6.89. The number of nitrogens with one attached hydrogen (secondary N) is 1. The van der Waals surface area contributed by atoms with Crippen molar-refractivity contribution < 1.29 is 37.8 Å². The van der Waals surface area contributed by atoms with Gasteiger partial charge in [0, 0.05) is 0 Å². The van der Waals surface area contributed by atoms with Crippen molar-refractivity contribution in [2.24, 2.45) is 0 Å². The Morgan fingerprint density at radius 1 is 1.19 bits per heavy atom. The zero-order valence-corrected chi connectivity index (χ0v) is 25.0. The number of nitrogen functional groups attached to an aromatic ring is 2. The monoisotopic (exact) mass is 680 g/mol. The van der Waals surface area contributed by atoms with Crippen LogP contribution in [-0.4, -0.2) is 108 Å². The summed E-state index contributed by atoms with van der Waals surface area (Å²) in [5, 5.41) is 25.3. The number of fused-ring (bicyclic) bond motifs is 2. The molecule has 43 heavy (non-hydrogen) atoms. The first-order chi connectivity index (χ1) is 20.5. The van der Waals surface area contributed by atoms with Crippen molar-refractivity contribution >= 4 is 71.4 Å². The summed E-state index contributed by atoms with van der Waals surface area (Å²) in [7, 11) is -2.84. The number of aromatic nitrogens is 10. The van der Waals surface area contributed by atoms with Crippen molar-refractivity contribution in [3.8, 4) is 0 Å². The minimum absolute atomic E-state index is 0.0156. The maximum Gasteiger partial charge on any atom is 0.282 e. The summed E-state index contributed by atoms with van der Waals surface area (Å²) in [4.78, 5) is 47.7. The number of aliphatic hydroxyl groups excluding tert-OH is 1. The van der Waals surface area contributed by atoms with Crippen molar-refractivity contribution in [1.82, 2.24) is 49.9 Å². The molecule has 8 N–H and O–H groups in total. The molecule has 2 aliphatic rings. The topological polar surface area (TPSA) is 283 Å². The van der Waals surface area contributed by atoms with Gasteiger partial charge in [0.2, 0.25) is 5.95 Å². The van der Waals surface area contributed by atoms with Crippen LogP contribution in [-0.2, 0) is 42.1 Å². The number of aromatic amines is 1. The minimum atomic E-state index is -3.89. The van der Waals surface area contributed by atoms with E-state index in [1.54, 1.807) is 0 Å². The molecule has 0 saturated carbocycles. The van der Waals surface area contributed by atoms with Gasteiger partial charge in [0.1, 0.15) is 18.5 Å². The van der Waals surface area contributed by atoms with Gasteiger partial charge in [0.25, 0.3) is 5.56 Å². The molecule has 232 valence electrons. The molecule has 0 bridgehead atoms. The molecule has 6 rings (SSSR count). The number of alkyl halides is 1. The van der Waals surface area contributed by atoms with Gasteiger partial charge in [0.05, 0.1) is 25.0 Å². The molecular formula is C18H23FN12O8P2S2. The van der Waals surface area contributed by atoms with Gasteiger partial charge in [-0.15, -0.1) is 10.2 Å². The first-order valence-corrected chi connectivity index (χ1v) is 17.6. The number of hydrogen-bond donors (Lipinski definition) is 6. The normalized spacial score (nSPS) is 29.8. The van der Waals surface area contributed by atoms with Gasteiger partial charge in [-0.05, 0) is 30.0 Å². The van der Waals surface area contributed by atoms with Crippen LogP contribution in [0.2, 0.25) is 0 Å². The van der Waals surface area contributed by atoms with Crippen LogP contribution in [0.1, 0.15) is 18.9 Å². The average Bonchev–Trinajstić information content (AvgIpc) is 3.73. The maximum atomic E-state index is 15.7. The van der Waals surface area contributed by atoms with Gasteiger partial charge in [-0.1, -0.05) is 10.4 Å². The van der Waals surface area contributed by atoms with Crippen LogP contribution in [0, 0.1) is 0 Å². The Bertz CT molecular complexity index is 1810. The lowest BCUT2D eigenvalue weighted by Crippen LogP contribution is -2.33. The van der Waals surface area contributed by atoms with Crippen molar-refractivity contribution in [2.75, 3.05) is 24.7 Å². The summed E-state index contributed by atoms with van der Waals surface area (Å²) in [6.45, 7) is -4.84. The smallest absolute Gasteiger partial charge is 0.282 e. The van der Waals surface area contributed by atoms with Gasteiger partial charge in [-0.25, -0.2) is 14.4 Å². The predicted molar refractivity (Wildman–Crippen MR) is 151 cm³/mol. The van der Waals surface area contributed by atoms with Crippen LogP contribution >= 0.6 is 13.6 Å². The van der Waals surface area contributed by atoms with E-state index in [0.29, 0.717) is 0 Å². The second-order valence-electron chi connectivity index (χ2n) is 9.47. The molecule has 25 heteroatoms. The molecule has 6 heterocycles. The van der Waals surface area contributed by atoms with E-state index in [1.807, 2.05) is 0 Å². The third kappa shape index (κ3) is 5.55. The van der Waals surface area contributed by atoms with E-state index < -0.39 is 75.0 Å². The Kier molecular flexibility index (Phi) is 8.23. The van der Waals surface area contributed by atoms with E-state index in [2.05, 4.69) is 40.6 Å². The highest BCUT2D eigenvalue weighted by atomic mass is 32.5. The third-order valence-electron chi connectivity index (χ3n) is 6.84. The molecular weight excluding hydrogens is 657 g/mol. The molecule has 2 fully saturated rings. The Balaban J connectivity index is 1.26. The molecule has 4 aromatic rings. The number of aliphatic hydroxyl groups is 1. The first-order valence-electron chi connectivity index (χ1n) is 12.3. The summed E-state index contributed by atoms with van der Waals surface area (Å²) >= 11 is 10.3. The summed E-state index contributed by atoms with van der Waals surface area (Å²) in [6, 6.07) is 0. The van der Waals surface area contributed by atoms with Crippen molar-refractivity contribution in [3.63, 3.8) is 0 Å². The molecule has 20 nitrogen and oxygen atoms in total. The van der Waals surface area contributed by atoms with E-state index in [4.69, 9.17) is 53.6 Å². The van der Waals surface area contributed by atoms with Crippen molar-refractivity contribution in [1.29, 1.82) is 0 Å². The fourth-order valence-electron chi connectivity index (χ4n) is 4.90. The first kappa shape index (κ1) is 30.3. The van der Waals surface area contributed by atoms with Crippen LogP contribution in [0.3, 0.4) is 0 Å². The predicted octanol–water partition coefficient (Wildman–Crippen LogP) is -2.00. The SMILES string of the molecule is Nc1nc2c(nnn2[C@@H]2OC(CO)C[C@H]2P(O)(=S)OCC2O[C@@H](n3nnc4c(N)ncnc43)[C@@H](F)[C@@H]2O[PH](O)=S)c(=O)[nH]1. The molecule has 2 saturated heterocycles. The lowest BCUT2D eigenvalue weighted by atomic mass is 10.1.